The maximum absolute atomic E-state index is 12.6. The highest BCUT2D eigenvalue weighted by Crippen LogP contribution is 2.22. The van der Waals surface area contributed by atoms with Crippen LogP contribution in [0.1, 0.15) is 32.9 Å². The van der Waals surface area contributed by atoms with Gasteiger partial charge in [0.15, 0.2) is 0 Å². The van der Waals surface area contributed by atoms with Crippen molar-refractivity contribution >= 4 is 11.7 Å². The largest absolute Gasteiger partial charge is 0.488 e. The number of benzene rings is 1. The number of para-hydroxylation sites is 1. The number of nitrogens with one attached hydrogen (secondary N) is 1. The van der Waals surface area contributed by atoms with E-state index in [1.807, 2.05) is 39.0 Å². The van der Waals surface area contributed by atoms with Gasteiger partial charge in [-0.15, -0.1) is 0 Å². The van der Waals surface area contributed by atoms with E-state index in [2.05, 4.69) is 15.5 Å². The van der Waals surface area contributed by atoms with Crippen LogP contribution in [0.5, 0.6) is 5.75 Å². The molecule has 1 N–H and O–H groups in total. The first-order valence-corrected chi connectivity index (χ1v) is 7.92. The Morgan fingerprint density at radius 1 is 1.20 bits per heavy atom. The Morgan fingerprint density at radius 3 is 2.72 bits per heavy atom. The highest BCUT2D eigenvalue weighted by Gasteiger charge is 2.15. The summed E-state index contributed by atoms with van der Waals surface area (Å²) in [5, 5.41) is 6.70. The van der Waals surface area contributed by atoms with Crippen molar-refractivity contribution < 1.29 is 14.1 Å². The summed E-state index contributed by atoms with van der Waals surface area (Å²) < 4.78 is 11.0. The van der Waals surface area contributed by atoms with Crippen LogP contribution in [0.3, 0.4) is 0 Å². The molecule has 0 aliphatic heterocycles. The first-order valence-electron chi connectivity index (χ1n) is 7.92. The molecule has 0 aliphatic carbocycles. The van der Waals surface area contributed by atoms with Gasteiger partial charge < -0.3 is 14.6 Å². The van der Waals surface area contributed by atoms with E-state index in [1.54, 1.807) is 24.4 Å². The fraction of sp³-hybridized carbons (Fsp3) is 0.211. The minimum Gasteiger partial charge on any atom is -0.488 e. The lowest BCUT2D eigenvalue weighted by Crippen LogP contribution is -2.14. The molecule has 0 atom stereocenters. The molecule has 0 radical (unpaired) electrons. The molecular weight excluding hydrogens is 318 g/mol. The van der Waals surface area contributed by atoms with Gasteiger partial charge in [0.2, 0.25) is 0 Å². The SMILES string of the molecule is Cc1ccnc(NC(=O)c2ccccc2OCc2c(C)noc2C)c1. The van der Waals surface area contributed by atoms with Gasteiger partial charge in [-0.1, -0.05) is 17.3 Å². The van der Waals surface area contributed by atoms with E-state index in [4.69, 9.17) is 9.26 Å². The van der Waals surface area contributed by atoms with Crippen molar-refractivity contribution in [1.82, 2.24) is 10.1 Å². The molecule has 0 saturated heterocycles. The van der Waals surface area contributed by atoms with E-state index < -0.39 is 0 Å². The molecule has 0 bridgehead atoms. The highest BCUT2D eigenvalue weighted by molar-refractivity contribution is 6.05. The number of anilines is 1. The average Bonchev–Trinajstić information content (AvgIpc) is 2.91. The number of rotatable bonds is 5. The van der Waals surface area contributed by atoms with Crippen LogP contribution in [-0.2, 0) is 6.61 Å². The molecular formula is C19H19N3O3. The number of hydrogen-bond donors (Lipinski definition) is 1. The van der Waals surface area contributed by atoms with Crippen LogP contribution >= 0.6 is 0 Å². The predicted molar refractivity (Wildman–Crippen MR) is 93.7 cm³/mol. The lowest BCUT2D eigenvalue weighted by Gasteiger charge is -2.11. The summed E-state index contributed by atoms with van der Waals surface area (Å²) in [6.07, 6.45) is 1.66. The molecule has 2 aromatic heterocycles. The third-order valence-electron chi connectivity index (χ3n) is 3.84. The number of pyridine rings is 1. The summed E-state index contributed by atoms with van der Waals surface area (Å²) in [5.41, 5.74) is 3.13. The number of amides is 1. The molecule has 3 aromatic rings. The normalized spacial score (nSPS) is 10.5. The average molecular weight is 337 g/mol. The van der Waals surface area contributed by atoms with Gasteiger partial charge in [0.1, 0.15) is 23.9 Å². The molecule has 6 heteroatoms. The van der Waals surface area contributed by atoms with E-state index in [1.165, 1.54) is 0 Å². The first-order chi connectivity index (χ1) is 12.0. The van der Waals surface area contributed by atoms with Crippen LogP contribution in [0.4, 0.5) is 5.82 Å². The smallest absolute Gasteiger partial charge is 0.260 e. The lowest BCUT2D eigenvalue weighted by atomic mass is 10.1. The van der Waals surface area contributed by atoms with Crippen LogP contribution < -0.4 is 10.1 Å². The zero-order valence-electron chi connectivity index (χ0n) is 14.4. The number of carbonyl (C=O) groups excluding carboxylic acids is 1. The third kappa shape index (κ3) is 3.85. The van der Waals surface area contributed by atoms with Crippen LogP contribution in [0, 0.1) is 20.8 Å². The topological polar surface area (TPSA) is 77.2 Å². The lowest BCUT2D eigenvalue weighted by molar-refractivity contribution is 0.102. The Labute approximate surface area is 145 Å². The maximum Gasteiger partial charge on any atom is 0.260 e. The second-order valence-electron chi connectivity index (χ2n) is 5.76. The molecule has 0 spiro atoms. The molecule has 3 rings (SSSR count). The monoisotopic (exact) mass is 337 g/mol. The Kier molecular flexibility index (Phi) is 4.79. The fourth-order valence-corrected chi connectivity index (χ4v) is 2.43. The van der Waals surface area contributed by atoms with Gasteiger partial charge in [0, 0.05) is 6.20 Å². The van der Waals surface area contributed by atoms with Gasteiger partial charge in [-0.3, -0.25) is 4.79 Å². The van der Waals surface area contributed by atoms with Crippen molar-refractivity contribution in [3.05, 3.63) is 70.7 Å². The van der Waals surface area contributed by atoms with Crippen LogP contribution in [0.2, 0.25) is 0 Å². The summed E-state index contributed by atoms with van der Waals surface area (Å²) in [4.78, 5) is 16.7. The number of aryl methyl sites for hydroxylation is 3. The summed E-state index contributed by atoms with van der Waals surface area (Å²) in [7, 11) is 0. The van der Waals surface area contributed by atoms with E-state index in [-0.39, 0.29) is 12.5 Å². The number of carbonyl (C=O) groups is 1. The summed E-state index contributed by atoms with van der Waals surface area (Å²) in [6.45, 7) is 5.92. The maximum atomic E-state index is 12.6. The minimum atomic E-state index is -0.271. The van der Waals surface area contributed by atoms with Crippen molar-refractivity contribution in [1.29, 1.82) is 0 Å². The van der Waals surface area contributed by atoms with Gasteiger partial charge in [-0.25, -0.2) is 4.98 Å². The summed E-state index contributed by atoms with van der Waals surface area (Å²) in [6, 6.07) is 10.8. The van der Waals surface area contributed by atoms with Crippen LogP contribution in [0.15, 0.2) is 47.1 Å². The molecule has 2 heterocycles. The van der Waals surface area contributed by atoms with Gasteiger partial charge in [0.25, 0.3) is 5.91 Å². The van der Waals surface area contributed by atoms with Crippen molar-refractivity contribution in [2.45, 2.75) is 27.4 Å². The molecule has 128 valence electrons. The minimum absolute atomic E-state index is 0.271. The van der Waals surface area contributed by atoms with Gasteiger partial charge >= 0.3 is 0 Å². The Morgan fingerprint density at radius 2 is 2.00 bits per heavy atom. The predicted octanol–water partition coefficient (Wildman–Crippen LogP) is 3.83. The van der Waals surface area contributed by atoms with E-state index >= 15 is 0 Å². The molecule has 0 saturated carbocycles. The molecule has 0 fully saturated rings. The van der Waals surface area contributed by atoms with Crippen molar-refractivity contribution in [2.24, 2.45) is 0 Å². The third-order valence-corrected chi connectivity index (χ3v) is 3.84. The van der Waals surface area contributed by atoms with Crippen LogP contribution in [-0.4, -0.2) is 16.0 Å². The summed E-state index contributed by atoms with van der Waals surface area (Å²) >= 11 is 0. The van der Waals surface area contributed by atoms with E-state index in [0.717, 1.165) is 16.8 Å². The van der Waals surface area contributed by atoms with E-state index in [0.29, 0.717) is 22.9 Å². The number of nitrogens with zero attached hydrogens (tertiary/aromatic N) is 2. The highest BCUT2D eigenvalue weighted by atomic mass is 16.5. The molecule has 1 aromatic carbocycles. The molecule has 0 aliphatic rings. The quantitative estimate of drug-likeness (QED) is 0.766. The standard InChI is InChI=1S/C19H19N3O3/c1-12-8-9-20-18(10-12)21-19(23)15-6-4-5-7-17(15)24-11-16-13(2)22-25-14(16)3/h4-10H,11H2,1-3H3,(H,20,21,23). The Hall–Kier alpha value is -3.15. The Balaban J connectivity index is 1.77. The second-order valence-corrected chi connectivity index (χ2v) is 5.76. The van der Waals surface area contributed by atoms with Gasteiger partial charge in [-0.05, 0) is 50.6 Å². The second kappa shape index (κ2) is 7.17. The van der Waals surface area contributed by atoms with Gasteiger partial charge in [0.05, 0.1) is 16.8 Å². The molecule has 1 amide bonds. The molecule has 6 nitrogen and oxygen atoms in total. The molecule has 25 heavy (non-hydrogen) atoms. The number of ether oxygens (including phenoxy) is 1. The zero-order chi connectivity index (χ0) is 17.8. The number of hydrogen-bond acceptors (Lipinski definition) is 5. The fourth-order valence-electron chi connectivity index (χ4n) is 2.43. The zero-order valence-corrected chi connectivity index (χ0v) is 14.4. The Bertz CT molecular complexity index is 883. The first kappa shape index (κ1) is 16.7. The van der Waals surface area contributed by atoms with Crippen molar-refractivity contribution in [2.75, 3.05) is 5.32 Å². The number of aromatic nitrogens is 2. The van der Waals surface area contributed by atoms with E-state index in [9.17, 15) is 4.79 Å². The summed E-state index contributed by atoms with van der Waals surface area (Å²) in [5.74, 6) is 1.44. The van der Waals surface area contributed by atoms with Crippen molar-refractivity contribution in [3.8, 4) is 5.75 Å². The van der Waals surface area contributed by atoms with Crippen LogP contribution in [0.25, 0.3) is 0 Å². The van der Waals surface area contributed by atoms with Gasteiger partial charge in [-0.2, -0.15) is 0 Å². The molecule has 0 unspecified atom stereocenters. The van der Waals surface area contributed by atoms with Crippen molar-refractivity contribution in [3.63, 3.8) is 0 Å².